The summed E-state index contributed by atoms with van der Waals surface area (Å²) in [6, 6.07) is 0. The topological polar surface area (TPSA) is 116 Å². The van der Waals surface area contributed by atoms with Crippen molar-refractivity contribution in [2.45, 2.75) is 44.7 Å². The minimum Gasteiger partial charge on any atom is -0.506 e. The van der Waals surface area contributed by atoms with Crippen LogP contribution in [0.4, 0.5) is 0 Å². The number of unbranched alkanes of at least 4 members (excludes halogenated alkanes) is 1. The second kappa shape index (κ2) is 7.44. The monoisotopic (exact) mass is 276 g/mol. The van der Waals surface area contributed by atoms with Gasteiger partial charge in [-0.1, -0.05) is 0 Å². The van der Waals surface area contributed by atoms with E-state index in [1.165, 1.54) is 6.92 Å². The van der Waals surface area contributed by atoms with Crippen molar-refractivity contribution in [1.82, 2.24) is 0 Å². The lowest BCUT2D eigenvalue weighted by Crippen LogP contribution is -2.44. The Morgan fingerprint density at radius 2 is 2.00 bits per heavy atom. The number of aliphatic hydroxyl groups excluding tert-OH is 4. The van der Waals surface area contributed by atoms with Crippen molar-refractivity contribution < 1.29 is 34.7 Å². The Balaban J connectivity index is 2.40. The van der Waals surface area contributed by atoms with Gasteiger partial charge in [0.05, 0.1) is 6.61 Å². The molecular weight excluding hydrogens is 256 g/mol. The molecule has 0 fully saturated rings. The third-order valence-electron chi connectivity index (χ3n) is 2.77. The standard InChI is InChI=1S/C12H20O7/c1-7(14)4-2-3-5-18-12-11(17)10(16)9(15)8(6-13)19-12/h8,11-13,15-17H,2-6H2,1H3/t8?,11?,12-/m0/s1. The molecule has 7 nitrogen and oxygen atoms in total. The van der Waals surface area contributed by atoms with Crippen LogP contribution in [-0.4, -0.2) is 57.9 Å². The van der Waals surface area contributed by atoms with E-state index in [9.17, 15) is 20.1 Å². The van der Waals surface area contributed by atoms with Crippen LogP contribution in [0.2, 0.25) is 0 Å². The number of carbonyl (C=O) groups excluding carboxylic acids is 1. The van der Waals surface area contributed by atoms with Crippen LogP contribution in [0.3, 0.4) is 0 Å². The Bertz CT molecular complexity index is 339. The van der Waals surface area contributed by atoms with E-state index < -0.39 is 36.6 Å². The largest absolute Gasteiger partial charge is 0.506 e. The fraction of sp³-hybridized carbons (Fsp3) is 0.750. The SMILES string of the molecule is CC(=O)CCCCO[C@H]1OC(CO)C(O)=C(O)C1O. The molecule has 4 N–H and O–H groups in total. The average Bonchev–Trinajstić information content (AvgIpc) is 2.37. The van der Waals surface area contributed by atoms with Crippen molar-refractivity contribution in [3.63, 3.8) is 0 Å². The van der Waals surface area contributed by atoms with Crippen molar-refractivity contribution in [3.05, 3.63) is 11.5 Å². The highest BCUT2D eigenvalue weighted by Gasteiger charge is 2.37. The number of ketones is 1. The zero-order chi connectivity index (χ0) is 14.4. The summed E-state index contributed by atoms with van der Waals surface area (Å²) in [4.78, 5) is 10.7. The molecule has 1 rings (SSSR count). The van der Waals surface area contributed by atoms with E-state index in [0.29, 0.717) is 19.3 Å². The maximum atomic E-state index is 10.7. The van der Waals surface area contributed by atoms with Gasteiger partial charge in [0.2, 0.25) is 0 Å². The average molecular weight is 276 g/mol. The van der Waals surface area contributed by atoms with E-state index in [1.807, 2.05) is 0 Å². The van der Waals surface area contributed by atoms with Gasteiger partial charge in [0.1, 0.15) is 11.9 Å². The normalized spacial score (nSPS) is 27.6. The molecule has 7 heteroatoms. The molecular formula is C12H20O7. The maximum absolute atomic E-state index is 10.7. The Morgan fingerprint density at radius 1 is 1.32 bits per heavy atom. The summed E-state index contributed by atoms with van der Waals surface area (Å²) in [5, 5.41) is 37.4. The van der Waals surface area contributed by atoms with Crippen molar-refractivity contribution in [2.24, 2.45) is 0 Å². The second-order valence-electron chi connectivity index (χ2n) is 4.42. The molecule has 0 amide bonds. The first-order valence-electron chi connectivity index (χ1n) is 6.14. The number of aliphatic hydroxyl groups is 4. The number of rotatable bonds is 7. The van der Waals surface area contributed by atoms with Gasteiger partial charge in [-0.15, -0.1) is 0 Å². The molecule has 19 heavy (non-hydrogen) atoms. The van der Waals surface area contributed by atoms with Gasteiger partial charge < -0.3 is 34.7 Å². The minimum absolute atomic E-state index is 0.0970. The van der Waals surface area contributed by atoms with E-state index in [1.54, 1.807) is 0 Å². The highest BCUT2D eigenvalue weighted by molar-refractivity contribution is 5.75. The Hall–Kier alpha value is -1.15. The van der Waals surface area contributed by atoms with Gasteiger partial charge in [-0.25, -0.2) is 0 Å². The lowest BCUT2D eigenvalue weighted by molar-refractivity contribution is -0.230. The summed E-state index contributed by atoms with van der Waals surface area (Å²) in [5.74, 6) is -1.15. The van der Waals surface area contributed by atoms with Crippen LogP contribution < -0.4 is 0 Å². The Kier molecular flexibility index (Phi) is 6.23. The molecule has 0 saturated heterocycles. The van der Waals surface area contributed by atoms with Crippen LogP contribution in [0.25, 0.3) is 0 Å². The highest BCUT2D eigenvalue weighted by atomic mass is 16.7. The molecule has 1 aliphatic rings. The first kappa shape index (κ1) is 15.9. The molecule has 3 atom stereocenters. The molecule has 1 heterocycles. The molecule has 1 aliphatic heterocycles. The number of Topliss-reactive ketones (excluding diaryl/α,β-unsaturated/α-hetero) is 1. The Labute approximate surface area is 111 Å². The third-order valence-corrected chi connectivity index (χ3v) is 2.77. The van der Waals surface area contributed by atoms with E-state index in [2.05, 4.69) is 0 Å². The summed E-state index contributed by atoms with van der Waals surface area (Å²) >= 11 is 0. The van der Waals surface area contributed by atoms with E-state index in [4.69, 9.17) is 14.6 Å². The molecule has 0 aromatic heterocycles. The lowest BCUT2D eigenvalue weighted by Gasteiger charge is -2.32. The van der Waals surface area contributed by atoms with Crippen LogP contribution >= 0.6 is 0 Å². The molecule has 0 aromatic carbocycles. The fourth-order valence-electron chi connectivity index (χ4n) is 1.68. The van der Waals surface area contributed by atoms with Gasteiger partial charge in [-0.2, -0.15) is 0 Å². The van der Waals surface area contributed by atoms with Gasteiger partial charge in [0.25, 0.3) is 0 Å². The van der Waals surface area contributed by atoms with Crippen LogP contribution in [0.5, 0.6) is 0 Å². The van der Waals surface area contributed by atoms with Gasteiger partial charge >= 0.3 is 0 Å². The second-order valence-corrected chi connectivity index (χ2v) is 4.42. The smallest absolute Gasteiger partial charge is 0.191 e. The molecule has 0 bridgehead atoms. The van der Waals surface area contributed by atoms with E-state index in [-0.39, 0.29) is 12.4 Å². The van der Waals surface area contributed by atoms with Gasteiger partial charge in [0.15, 0.2) is 23.9 Å². The van der Waals surface area contributed by atoms with Gasteiger partial charge in [-0.3, -0.25) is 0 Å². The first-order valence-corrected chi connectivity index (χ1v) is 6.14. The van der Waals surface area contributed by atoms with Crippen molar-refractivity contribution in [1.29, 1.82) is 0 Å². The predicted molar refractivity (Wildman–Crippen MR) is 64.5 cm³/mol. The predicted octanol–water partition coefficient (Wildman–Crippen LogP) is 0.168. The fourth-order valence-corrected chi connectivity index (χ4v) is 1.68. The summed E-state index contributed by atoms with van der Waals surface area (Å²) < 4.78 is 10.3. The maximum Gasteiger partial charge on any atom is 0.191 e. The van der Waals surface area contributed by atoms with E-state index in [0.717, 1.165) is 0 Å². The van der Waals surface area contributed by atoms with Crippen LogP contribution in [0.15, 0.2) is 11.5 Å². The summed E-state index contributed by atoms with van der Waals surface area (Å²) in [5.41, 5.74) is 0. The summed E-state index contributed by atoms with van der Waals surface area (Å²) in [6.45, 7) is 1.21. The number of hydrogen-bond donors (Lipinski definition) is 4. The molecule has 0 aliphatic carbocycles. The van der Waals surface area contributed by atoms with Crippen LogP contribution in [-0.2, 0) is 14.3 Å². The molecule has 0 aromatic rings. The molecule has 110 valence electrons. The minimum atomic E-state index is -1.49. The van der Waals surface area contributed by atoms with E-state index >= 15 is 0 Å². The first-order chi connectivity index (χ1) is 8.97. The summed E-state index contributed by atoms with van der Waals surface area (Å²) in [7, 11) is 0. The van der Waals surface area contributed by atoms with Gasteiger partial charge in [-0.05, 0) is 19.8 Å². The quantitative estimate of drug-likeness (QED) is 0.490. The summed E-state index contributed by atoms with van der Waals surface area (Å²) in [6.07, 6.45) is -2.02. The van der Waals surface area contributed by atoms with Crippen LogP contribution in [0.1, 0.15) is 26.2 Å². The Morgan fingerprint density at radius 3 is 2.58 bits per heavy atom. The highest BCUT2D eigenvalue weighted by Crippen LogP contribution is 2.23. The lowest BCUT2D eigenvalue weighted by atomic mass is 10.1. The number of ether oxygens (including phenoxy) is 2. The van der Waals surface area contributed by atoms with Gasteiger partial charge in [0, 0.05) is 13.0 Å². The molecule has 0 spiro atoms. The number of carbonyl (C=O) groups is 1. The molecule has 0 radical (unpaired) electrons. The van der Waals surface area contributed by atoms with Crippen LogP contribution in [0, 0.1) is 0 Å². The van der Waals surface area contributed by atoms with Crippen molar-refractivity contribution in [2.75, 3.05) is 13.2 Å². The zero-order valence-corrected chi connectivity index (χ0v) is 10.8. The van der Waals surface area contributed by atoms with Crippen molar-refractivity contribution >= 4 is 5.78 Å². The third kappa shape index (κ3) is 4.46. The molecule has 0 saturated carbocycles. The van der Waals surface area contributed by atoms with Crippen molar-refractivity contribution in [3.8, 4) is 0 Å². The number of hydrogen-bond acceptors (Lipinski definition) is 7. The molecule has 2 unspecified atom stereocenters. The zero-order valence-electron chi connectivity index (χ0n) is 10.8.